The summed E-state index contributed by atoms with van der Waals surface area (Å²) in [5.74, 6) is 20.8. The van der Waals surface area contributed by atoms with E-state index < -0.39 is 23.2 Å². The zero-order valence-corrected chi connectivity index (χ0v) is 61.6. The van der Waals surface area contributed by atoms with Crippen LogP contribution in [-0.2, 0) is 34.0 Å². The SMILES string of the molecule is C.CC.CC.CC.C[C@]12CCC3C(CC[C@@H]4C[C@@](O)(C#CC5CC5)CC[C@H]34)C1CC[C@@H]2C(=O)Cn1nccn1.C[C@]12CCC3C(CC[C@@H]4C[C@@](O)(C#CCl)CC[C@H]34)C1CC[C@@H]2C(=O)Cn1nccn1.C[C@]12CCC3C(CC[C@@H]4C[C@@](O)(C(F)F)CC[C@H]34)C1CC[C@@H]2C(=O)Cn1nccn1. The largest absolute Gasteiger partial charge is 0.384 e. The van der Waals surface area contributed by atoms with Gasteiger partial charge in [-0.3, -0.25) is 14.4 Å². The maximum atomic E-state index is 13.4. The molecule has 13 aliphatic carbocycles. The summed E-state index contributed by atoms with van der Waals surface area (Å²) in [7, 11) is 0. The van der Waals surface area contributed by atoms with E-state index in [1.54, 1.807) is 42.0 Å². The molecule has 13 saturated carbocycles. The molecule has 0 aliphatic heterocycles. The molecule has 0 radical (unpaired) electrons. The van der Waals surface area contributed by atoms with Gasteiger partial charge in [-0.1, -0.05) is 87.5 Å². The molecule has 0 spiro atoms. The Balaban J connectivity index is 0.000000154. The van der Waals surface area contributed by atoms with Gasteiger partial charge in [0.05, 0.1) is 37.2 Å². The van der Waals surface area contributed by atoms with Gasteiger partial charge in [-0.2, -0.15) is 45.0 Å². The third kappa shape index (κ3) is 15.6. The van der Waals surface area contributed by atoms with Crippen molar-refractivity contribution < 1.29 is 38.5 Å². The molecule has 13 aliphatic rings. The van der Waals surface area contributed by atoms with E-state index >= 15 is 0 Å². The Hall–Kier alpha value is -4.42. The van der Waals surface area contributed by atoms with Gasteiger partial charge in [0.1, 0.15) is 36.4 Å². The molecule has 3 aromatic rings. The van der Waals surface area contributed by atoms with Crippen LogP contribution in [0.3, 0.4) is 0 Å². The van der Waals surface area contributed by atoms with Crippen LogP contribution in [0.5, 0.6) is 0 Å². The molecule has 550 valence electrons. The van der Waals surface area contributed by atoms with E-state index in [0.29, 0.717) is 83.8 Å². The lowest BCUT2D eigenvalue weighted by molar-refractivity contribution is -0.160. The molecular weight excluding hydrogens is 1270 g/mol. The average Bonchev–Trinajstić information content (AvgIpc) is 1.67. The van der Waals surface area contributed by atoms with Crippen LogP contribution in [0.2, 0.25) is 0 Å². The van der Waals surface area contributed by atoms with Crippen molar-refractivity contribution in [2.75, 3.05) is 0 Å². The van der Waals surface area contributed by atoms with Crippen LogP contribution >= 0.6 is 11.6 Å². The Morgan fingerprint density at radius 2 is 0.737 bits per heavy atom. The summed E-state index contributed by atoms with van der Waals surface area (Å²) >= 11 is 5.61. The molecule has 0 aromatic carbocycles. The molecule has 24 atom stereocenters. The standard InChI is InChI=1S/C27H37N3O2.C24H32ClN3O2.C23H33F2N3O2.3C2H6.CH4/c1-26-11-9-21-20-10-13-27(32,12-8-18-2-3-18)16-19(20)4-5-22(21)23(26)6-7-24(26)25(31)17-30-28-14-15-29-30;1-23-8-6-18-17-7-9-24(30,10-11-25)14-16(17)2-3-19(18)20(23)4-5-21(23)22(29)15-28-26-12-13-27-28;1-22-8-6-16-15-7-9-23(30,21(24)25)12-14(15)2-3-17(16)18(22)4-5-19(22)20(29)13-28-26-10-11-27-28;3*1-2;/h14-15,18-24,32H,2-7,9-11,13,16-17H2,1H3;12-13,16-21,30H,2-9,14-15H2,1H3;10-11,14-19,21,30H,2-9,12-13H2,1H3;3*1-2H3;1H4/t19-,20+,21?,22?,23?,24-,26+,27-;16-,17+,18?,19?,20?,21-,23+,24+;14-,15+,16?,17?,18?,19-,22+,23-;;;;/m111..../s1. The van der Waals surface area contributed by atoms with E-state index in [1.807, 2.05) is 41.5 Å². The Labute approximate surface area is 597 Å². The Bertz CT molecular complexity index is 3260. The van der Waals surface area contributed by atoms with Gasteiger partial charge < -0.3 is 15.3 Å². The van der Waals surface area contributed by atoms with Gasteiger partial charge in [-0.15, -0.1) is 0 Å². The van der Waals surface area contributed by atoms with Crippen molar-refractivity contribution in [2.24, 2.45) is 129 Å². The lowest BCUT2D eigenvalue weighted by Gasteiger charge is -2.57. The number of aromatic nitrogens is 9. The van der Waals surface area contributed by atoms with Crippen LogP contribution in [0.15, 0.2) is 37.2 Å². The van der Waals surface area contributed by atoms with E-state index in [9.17, 15) is 38.5 Å². The van der Waals surface area contributed by atoms with Gasteiger partial charge in [-0.05, 0) is 303 Å². The van der Waals surface area contributed by atoms with Crippen LogP contribution < -0.4 is 0 Å². The maximum Gasteiger partial charge on any atom is 0.266 e. The summed E-state index contributed by atoms with van der Waals surface area (Å²) in [5.41, 5.74) is -3.09. The topological polar surface area (TPSA) is 204 Å². The van der Waals surface area contributed by atoms with Crippen molar-refractivity contribution in [3.8, 4) is 23.1 Å². The minimum atomic E-state index is -2.64. The number of Topliss-reactive ketones (excluding diaryl/α,β-unsaturated/α-hetero) is 3. The molecule has 15 nitrogen and oxygen atoms in total. The molecule has 9 unspecified atom stereocenters. The van der Waals surface area contributed by atoms with E-state index in [2.05, 4.69) is 74.5 Å². The van der Waals surface area contributed by atoms with Gasteiger partial charge >= 0.3 is 0 Å². The third-order valence-corrected chi connectivity index (χ3v) is 29.4. The zero-order valence-electron chi connectivity index (χ0n) is 60.9. The van der Waals surface area contributed by atoms with E-state index in [1.165, 1.54) is 80.2 Å². The number of aliphatic hydroxyl groups is 3. The van der Waals surface area contributed by atoms with Gasteiger partial charge in [0.15, 0.2) is 17.3 Å². The first-order valence-electron chi connectivity index (χ1n) is 39.4. The normalized spacial score (nSPS) is 42.2. The summed E-state index contributed by atoms with van der Waals surface area (Å²) < 4.78 is 26.8. The summed E-state index contributed by atoms with van der Waals surface area (Å²) in [6.07, 6.45) is 36.7. The van der Waals surface area contributed by atoms with Crippen LogP contribution in [0.25, 0.3) is 0 Å². The predicted octanol–water partition coefficient (Wildman–Crippen LogP) is 16.1. The van der Waals surface area contributed by atoms with E-state index in [-0.39, 0.29) is 72.5 Å². The Kier molecular flexibility index (Phi) is 25.2. The second-order valence-corrected chi connectivity index (χ2v) is 33.6. The third-order valence-electron chi connectivity index (χ3n) is 29.3. The van der Waals surface area contributed by atoms with Gasteiger partial charge in [-0.25, -0.2) is 8.78 Å². The number of nitrogens with zero attached hydrogens (tertiary/aromatic N) is 9. The molecule has 3 aromatic heterocycles. The highest BCUT2D eigenvalue weighted by Crippen LogP contribution is 2.68. The Morgan fingerprint density at radius 3 is 1.06 bits per heavy atom. The molecule has 0 saturated heterocycles. The number of carbonyl (C=O) groups is 3. The smallest absolute Gasteiger partial charge is 0.266 e. The first kappa shape index (κ1) is 77.2. The highest BCUT2D eigenvalue weighted by Gasteiger charge is 2.63. The molecule has 18 heteroatoms. The van der Waals surface area contributed by atoms with E-state index in [0.717, 1.165) is 132 Å². The average molecular weight is 1390 g/mol. The number of fused-ring (bicyclic) bond motifs is 15. The maximum absolute atomic E-state index is 13.4. The molecule has 16 rings (SSSR count). The van der Waals surface area contributed by atoms with Crippen molar-refractivity contribution in [3.05, 3.63) is 37.2 Å². The van der Waals surface area contributed by atoms with Gasteiger partial charge in [0, 0.05) is 29.1 Å². The molecule has 3 heterocycles. The number of rotatable bonds is 10. The van der Waals surface area contributed by atoms with E-state index in [4.69, 9.17) is 11.6 Å². The monoisotopic (exact) mass is 1390 g/mol. The second-order valence-electron chi connectivity index (χ2n) is 33.4. The molecular formula is C81H124ClF2N9O6. The summed E-state index contributed by atoms with van der Waals surface area (Å²) in [6, 6.07) is 0. The minimum absolute atomic E-state index is 0. The number of ketones is 3. The second kappa shape index (κ2) is 32.3. The van der Waals surface area contributed by atoms with Crippen LogP contribution in [0.4, 0.5) is 8.78 Å². The van der Waals surface area contributed by atoms with Gasteiger partial charge in [0.25, 0.3) is 6.43 Å². The fourth-order valence-corrected chi connectivity index (χ4v) is 25.1. The summed E-state index contributed by atoms with van der Waals surface area (Å²) in [5, 5.41) is 59.5. The number of hydrogen-bond donors (Lipinski definition) is 3. The molecule has 0 amide bonds. The molecule has 3 N–H and O–H groups in total. The number of halogens is 3. The zero-order chi connectivity index (χ0) is 70.0. The highest BCUT2D eigenvalue weighted by molar-refractivity contribution is 6.30. The number of alkyl halides is 2. The van der Waals surface area contributed by atoms with Crippen LogP contribution in [0.1, 0.15) is 256 Å². The lowest BCUT2D eigenvalue weighted by atomic mass is 9.49. The van der Waals surface area contributed by atoms with Crippen molar-refractivity contribution in [2.45, 2.75) is 299 Å². The molecule has 13 fully saturated rings. The van der Waals surface area contributed by atoms with Crippen molar-refractivity contribution >= 4 is 29.0 Å². The summed E-state index contributed by atoms with van der Waals surface area (Å²) in [4.78, 5) is 44.0. The number of hydrogen-bond acceptors (Lipinski definition) is 12. The first-order valence-corrected chi connectivity index (χ1v) is 39.8. The van der Waals surface area contributed by atoms with Crippen molar-refractivity contribution in [1.29, 1.82) is 0 Å². The lowest BCUT2D eigenvalue weighted by Crippen LogP contribution is -2.53. The molecule has 0 bridgehead atoms. The predicted molar refractivity (Wildman–Crippen MR) is 383 cm³/mol. The first-order chi connectivity index (χ1) is 47.2. The van der Waals surface area contributed by atoms with Crippen molar-refractivity contribution in [3.63, 3.8) is 0 Å². The fourth-order valence-electron chi connectivity index (χ4n) is 25.0. The van der Waals surface area contributed by atoms with Gasteiger partial charge in [0.2, 0.25) is 0 Å². The number of carbonyl (C=O) groups excluding carboxylic acids is 3. The Morgan fingerprint density at radius 1 is 0.424 bits per heavy atom. The highest BCUT2D eigenvalue weighted by atomic mass is 35.5. The quantitative estimate of drug-likeness (QED) is 0.162. The minimum Gasteiger partial charge on any atom is -0.384 e. The molecule has 99 heavy (non-hydrogen) atoms. The summed E-state index contributed by atoms with van der Waals surface area (Å²) in [6.45, 7) is 20.0. The van der Waals surface area contributed by atoms with Crippen LogP contribution in [0, 0.1) is 152 Å². The van der Waals surface area contributed by atoms with Crippen molar-refractivity contribution in [1.82, 2.24) is 45.0 Å². The van der Waals surface area contributed by atoms with Crippen LogP contribution in [-0.4, -0.2) is 101 Å². The fraction of sp³-hybridized carbons (Fsp3) is 0.840.